The molecule has 0 aromatic carbocycles. The highest BCUT2D eigenvalue weighted by Crippen LogP contribution is 2.18. The van der Waals surface area contributed by atoms with E-state index in [0.29, 0.717) is 5.92 Å². The third kappa shape index (κ3) is 6.25. The Bertz CT molecular complexity index is 289. The molecule has 0 bridgehead atoms. The molecule has 0 aromatic heterocycles. The van der Waals surface area contributed by atoms with Gasteiger partial charge in [-0.1, -0.05) is 0 Å². The van der Waals surface area contributed by atoms with Crippen molar-refractivity contribution >= 4 is 6.09 Å². The Labute approximate surface area is 116 Å². The minimum atomic E-state index is -0.437. The Hall–Kier alpha value is -0.810. The van der Waals surface area contributed by atoms with Gasteiger partial charge in [-0.2, -0.15) is 0 Å². The van der Waals surface area contributed by atoms with Gasteiger partial charge in [-0.15, -0.1) is 0 Å². The Balaban J connectivity index is 2.39. The van der Waals surface area contributed by atoms with E-state index in [1.54, 1.807) is 4.90 Å². The van der Waals surface area contributed by atoms with Gasteiger partial charge >= 0.3 is 6.09 Å². The van der Waals surface area contributed by atoms with Crippen molar-refractivity contribution in [3.63, 3.8) is 0 Å². The second kappa shape index (κ2) is 7.10. The molecule has 0 radical (unpaired) electrons. The molecule has 0 saturated carbocycles. The van der Waals surface area contributed by atoms with Gasteiger partial charge < -0.3 is 20.1 Å². The summed E-state index contributed by atoms with van der Waals surface area (Å²) < 4.78 is 5.40. The van der Waals surface area contributed by atoms with E-state index in [2.05, 4.69) is 5.32 Å². The second-order valence-electron chi connectivity index (χ2n) is 6.43. The second-order valence-corrected chi connectivity index (χ2v) is 6.43. The molecule has 1 aliphatic rings. The lowest BCUT2D eigenvalue weighted by atomic mass is 9.98. The van der Waals surface area contributed by atoms with Gasteiger partial charge in [0, 0.05) is 19.1 Å². The van der Waals surface area contributed by atoms with Gasteiger partial charge in [0.05, 0.1) is 6.61 Å². The summed E-state index contributed by atoms with van der Waals surface area (Å²) in [7, 11) is 0. The van der Waals surface area contributed by atoms with Crippen LogP contribution < -0.4 is 5.32 Å². The highest BCUT2D eigenvalue weighted by Gasteiger charge is 2.27. The van der Waals surface area contributed by atoms with E-state index in [0.717, 1.165) is 32.5 Å². The van der Waals surface area contributed by atoms with E-state index in [1.807, 2.05) is 27.7 Å². The molecule has 0 aliphatic carbocycles. The Morgan fingerprint density at radius 1 is 1.53 bits per heavy atom. The predicted octanol–water partition coefficient (Wildman–Crippen LogP) is 1.60. The van der Waals surface area contributed by atoms with Gasteiger partial charge in [0.1, 0.15) is 5.60 Å². The number of aliphatic hydroxyl groups is 1. The minimum Gasteiger partial charge on any atom is -0.444 e. The lowest BCUT2D eigenvalue weighted by Gasteiger charge is -2.34. The van der Waals surface area contributed by atoms with Crippen LogP contribution in [0.5, 0.6) is 0 Å². The first-order valence-corrected chi connectivity index (χ1v) is 7.14. The summed E-state index contributed by atoms with van der Waals surface area (Å²) in [4.78, 5) is 13.8. The average molecular weight is 272 g/mol. The van der Waals surface area contributed by atoms with Crippen LogP contribution in [0.3, 0.4) is 0 Å². The first-order chi connectivity index (χ1) is 8.81. The van der Waals surface area contributed by atoms with Crippen LogP contribution in [-0.2, 0) is 4.74 Å². The Kier molecular flexibility index (Phi) is 6.07. The normalized spacial score (nSPS) is 22.2. The highest BCUT2D eigenvalue weighted by atomic mass is 16.6. The van der Waals surface area contributed by atoms with Crippen LogP contribution in [0.1, 0.15) is 40.5 Å². The minimum absolute atomic E-state index is 0.108. The summed E-state index contributed by atoms with van der Waals surface area (Å²) in [5.41, 5.74) is -0.437. The van der Waals surface area contributed by atoms with Crippen molar-refractivity contribution in [3.8, 4) is 0 Å². The summed E-state index contributed by atoms with van der Waals surface area (Å²) >= 11 is 0. The number of aliphatic hydroxyl groups excluding tert-OH is 1. The van der Waals surface area contributed by atoms with Crippen molar-refractivity contribution in [2.75, 3.05) is 26.2 Å². The van der Waals surface area contributed by atoms with E-state index < -0.39 is 5.60 Å². The van der Waals surface area contributed by atoms with E-state index >= 15 is 0 Å². The zero-order chi connectivity index (χ0) is 14.5. The molecule has 112 valence electrons. The number of carbonyl (C=O) groups is 1. The molecule has 1 aliphatic heterocycles. The number of nitrogens with zero attached hydrogens (tertiary/aromatic N) is 1. The van der Waals surface area contributed by atoms with Gasteiger partial charge in [-0.3, -0.25) is 0 Å². The third-order valence-electron chi connectivity index (χ3n) is 3.20. The summed E-state index contributed by atoms with van der Waals surface area (Å²) in [6.45, 7) is 10.1. The lowest BCUT2D eigenvalue weighted by molar-refractivity contribution is 0.0164. The average Bonchev–Trinajstić information content (AvgIpc) is 2.34. The van der Waals surface area contributed by atoms with Gasteiger partial charge in [0.15, 0.2) is 0 Å². The van der Waals surface area contributed by atoms with Crippen LogP contribution in [0.4, 0.5) is 4.79 Å². The number of carbonyl (C=O) groups excluding carboxylic acids is 1. The van der Waals surface area contributed by atoms with Crippen molar-refractivity contribution in [3.05, 3.63) is 0 Å². The fraction of sp³-hybridized carbons (Fsp3) is 0.929. The zero-order valence-electron chi connectivity index (χ0n) is 12.6. The number of nitrogens with one attached hydrogen (secondary N) is 1. The maximum atomic E-state index is 12.0. The van der Waals surface area contributed by atoms with E-state index in [4.69, 9.17) is 9.84 Å². The molecular formula is C14H28N2O3. The number of ether oxygens (including phenoxy) is 1. The molecule has 2 N–H and O–H groups in total. The molecule has 1 heterocycles. The number of rotatable bonds is 4. The number of hydrogen-bond donors (Lipinski definition) is 2. The summed E-state index contributed by atoms with van der Waals surface area (Å²) in [5, 5.41) is 12.3. The monoisotopic (exact) mass is 272 g/mol. The summed E-state index contributed by atoms with van der Waals surface area (Å²) in [5.74, 6) is 0.440. The quantitative estimate of drug-likeness (QED) is 0.816. The third-order valence-corrected chi connectivity index (χ3v) is 3.20. The standard InChI is InChI=1S/C14H28N2O3/c1-11(10-17)15-8-12-6-5-7-16(9-12)13(18)19-14(2,3)4/h11-12,15,17H,5-10H2,1-4H3. The molecule has 1 saturated heterocycles. The fourth-order valence-corrected chi connectivity index (χ4v) is 2.16. The molecule has 2 unspecified atom stereocenters. The Morgan fingerprint density at radius 2 is 2.21 bits per heavy atom. The van der Waals surface area contributed by atoms with E-state index in [1.165, 1.54) is 0 Å². The van der Waals surface area contributed by atoms with Crippen LogP contribution in [0.15, 0.2) is 0 Å². The number of likely N-dealkylation sites (tertiary alicyclic amines) is 1. The first-order valence-electron chi connectivity index (χ1n) is 7.14. The highest BCUT2D eigenvalue weighted by molar-refractivity contribution is 5.68. The SMILES string of the molecule is CC(CO)NCC1CCCN(C(=O)OC(C)(C)C)C1. The molecule has 1 rings (SSSR count). The summed E-state index contributed by atoms with van der Waals surface area (Å²) in [6, 6.07) is 0.108. The van der Waals surface area contributed by atoms with E-state index in [-0.39, 0.29) is 18.7 Å². The molecule has 5 heteroatoms. The largest absolute Gasteiger partial charge is 0.444 e. The maximum absolute atomic E-state index is 12.0. The number of piperidine rings is 1. The van der Waals surface area contributed by atoms with Gasteiger partial charge in [0.25, 0.3) is 0 Å². The predicted molar refractivity (Wildman–Crippen MR) is 75.1 cm³/mol. The molecule has 0 spiro atoms. The maximum Gasteiger partial charge on any atom is 0.410 e. The van der Waals surface area contributed by atoms with Crippen molar-refractivity contribution in [2.45, 2.75) is 52.2 Å². The van der Waals surface area contributed by atoms with Gasteiger partial charge in [0.2, 0.25) is 0 Å². The number of amides is 1. The molecule has 2 atom stereocenters. The molecule has 19 heavy (non-hydrogen) atoms. The van der Waals surface area contributed by atoms with Crippen molar-refractivity contribution in [1.29, 1.82) is 0 Å². The molecular weight excluding hydrogens is 244 g/mol. The lowest BCUT2D eigenvalue weighted by Crippen LogP contribution is -2.46. The van der Waals surface area contributed by atoms with Crippen LogP contribution in [0.2, 0.25) is 0 Å². The molecule has 0 aromatic rings. The fourth-order valence-electron chi connectivity index (χ4n) is 2.16. The summed E-state index contributed by atoms with van der Waals surface area (Å²) in [6.07, 6.45) is 1.91. The zero-order valence-corrected chi connectivity index (χ0v) is 12.6. The van der Waals surface area contributed by atoms with Crippen molar-refractivity contribution < 1.29 is 14.6 Å². The smallest absolute Gasteiger partial charge is 0.410 e. The van der Waals surface area contributed by atoms with Gasteiger partial charge in [-0.25, -0.2) is 4.79 Å². The topological polar surface area (TPSA) is 61.8 Å². The van der Waals surface area contributed by atoms with Gasteiger partial charge in [-0.05, 0) is 53.0 Å². The Morgan fingerprint density at radius 3 is 2.79 bits per heavy atom. The first kappa shape index (κ1) is 16.2. The van der Waals surface area contributed by atoms with E-state index in [9.17, 15) is 4.79 Å². The van der Waals surface area contributed by atoms with Crippen LogP contribution in [0, 0.1) is 5.92 Å². The van der Waals surface area contributed by atoms with Crippen LogP contribution in [-0.4, -0.2) is 54.0 Å². The van der Waals surface area contributed by atoms with Crippen molar-refractivity contribution in [1.82, 2.24) is 10.2 Å². The van der Waals surface area contributed by atoms with Crippen molar-refractivity contribution in [2.24, 2.45) is 5.92 Å². The van der Waals surface area contributed by atoms with Crippen LogP contribution in [0.25, 0.3) is 0 Å². The van der Waals surface area contributed by atoms with Crippen LogP contribution >= 0.6 is 0 Å². The molecule has 5 nitrogen and oxygen atoms in total. The molecule has 1 fully saturated rings. The molecule has 1 amide bonds. The number of hydrogen-bond acceptors (Lipinski definition) is 4.